The zero-order chi connectivity index (χ0) is 11.8. The highest BCUT2D eigenvalue weighted by molar-refractivity contribution is 5.90. The Kier molecular flexibility index (Phi) is 2.47. The number of benzene rings is 1. The molecule has 1 aromatic carbocycles. The number of aliphatic hydroxyl groups excluding tert-OH is 1. The molecule has 16 heavy (non-hydrogen) atoms. The van der Waals surface area contributed by atoms with Gasteiger partial charge in [0.1, 0.15) is 5.75 Å². The first-order valence-corrected chi connectivity index (χ1v) is 4.94. The highest BCUT2D eigenvalue weighted by atomic mass is 16.6. The number of carbonyl (C=O) groups excluding carboxylic acids is 1. The molecule has 1 aliphatic heterocycles. The Bertz CT molecular complexity index is 403. The summed E-state index contributed by atoms with van der Waals surface area (Å²) in [6.07, 6.45) is -0.484. The van der Waals surface area contributed by atoms with E-state index in [0.717, 1.165) is 0 Å². The minimum Gasteiger partial charge on any atom is -0.508 e. The maximum atomic E-state index is 11.6. The molecular weight excluding hydrogens is 210 g/mol. The first kappa shape index (κ1) is 10.8. The van der Waals surface area contributed by atoms with E-state index in [4.69, 9.17) is 14.9 Å². The number of carbonyl (C=O) groups is 1. The lowest BCUT2D eigenvalue weighted by molar-refractivity contribution is 0.0219. The number of ether oxygens (including phenoxy) is 1. The van der Waals surface area contributed by atoms with Gasteiger partial charge in [-0.25, -0.2) is 4.79 Å². The van der Waals surface area contributed by atoms with Crippen LogP contribution in [0.4, 0.5) is 10.5 Å². The van der Waals surface area contributed by atoms with Crippen LogP contribution in [0.2, 0.25) is 0 Å². The summed E-state index contributed by atoms with van der Waals surface area (Å²) < 4.78 is 5.07. The Hall–Kier alpha value is -1.75. The molecule has 86 valence electrons. The molecule has 1 fully saturated rings. The molecule has 0 aliphatic carbocycles. The van der Waals surface area contributed by atoms with Crippen molar-refractivity contribution in [2.75, 3.05) is 18.1 Å². The average molecular weight is 223 g/mol. The van der Waals surface area contributed by atoms with Gasteiger partial charge in [0.2, 0.25) is 0 Å². The lowest BCUT2D eigenvalue weighted by Gasteiger charge is -2.18. The quantitative estimate of drug-likeness (QED) is 0.787. The van der Waals surface area contributed by atoms with Crippen LogP contribution in [-0.4, -0.2) is 35.1 Å². The third kappa shape index (κ3) is 1.81. The molecule has 1 saturated heterocycles. The minimum absolute atomic E-state index is 0.140. The number of aromatic hydroxyl groups is 1. The van der Waals surface area contributed by atoms with Gasteiger partial charge in [-0.2, -0.15) is 0 Å². The number of cyclic esters (lactones) is 1. The van der Waals surface area contributed by atoms with Gasteiger partial charge in [0.25, 0.3) is 0 Å². The van der Waals surface area contributed by atoms with Crippen LogP contribution in [0.15, 0.2) is 24.3 Å². The first-order chi connectivity index (χ1) is 7.54. The molecule has 2 N–H and O–H groups in total. The second-order valence-electron chi connectivity index (χ2n) is 4.08. The van der Waals surface area contributed by atoms with Crippen LogP contribution < -0.4 is 4.90 Å². The molecule has 0 bridgehead atoms. The van der Waals surface area contributed by atoms with Gasteiger partial charge >= 0.3 is 6.09 Å². The standard InChI is InChI=1S/C11H13NO4/c1-11(7-13)6-12(10(15)16-11)8-2-4-9(14)5-3-8/h2-5,13-14H,6-7H2,1H3. The number of amides is 1. The molecule has 1 amide bonds. The van der Waals surface area contributed by atoms with E-state index in [1.807, 2.05) is 0 Å². The van der Waals surface area contributed by atoms with Crippen molar-refractivity contribution in [3.8, 4) is 5.75 Å². The van der Waals surface area contributed by atoms with E-state index in [-0.39, 0.29) is 12.4 Å². The van der Waals surface area contributed by atoms with E-state index in [2.05, 4.69) is 0 Å². The molecule has 0 saturated carbocycles. The Labute approximate surface area is 92.9 Å². The Morgan fingerprint density at radius 2 is 2.06 bits per heavy atom. The third-order valence-corrected chi connectivity index (χ3v) is 2.54. The normalized spacial score (nSPS) is 24.6. The molecule has 1 aliphatic rings. The van der Waals surface area contributed by atoms with Crippen molar-refractivity contribution in [2.45, 2.75) is 12.5 Å². The molecule has 0 aromatic heterocycles. The van der Waals surface area contributed by atoms with Crippen molar-refractivity contribution in [1.82, 2.24) is 0 Å². The summed E-state index contributed by atoms with van der Waals surface area (Å²) in [6.45, 7) is 1.76. The first-order valence-electron chi connectivity index (χ1n) is 4.94. The predicted molar refractivity (Wildman–Crippen MR) is 57.4 cm³/mol. The van der Waals surface area contributed by atoms with Crippen molar-refractivity contribution in [3.63, 3.8) is 0 Å². The molecular formula is C11H13NO4. The van der Waals surface area contributed by atoms with Gasteiger partial charge in [-0.05, 0) is 31.2 Å². The van der Waals surface area contributed by atoms with Gasteiger partial charge in [-0.1, -0.05) is 0 Å². The van der Waals surface area contributed by atoms with Crippen molar-refractivity contribution >= 4 is 11.8 Å². The fraction of sp³-hybridized carbons (Fsp3) is 0.364. The maximum Gasteiger partial charge on any atom is 0.415 e. The van der Waals surface area contributed by atoms with Crippen LogP contribution in [0.1, 0.15) is 6.92 Å². The second kappa shape index (κ2) is 3.68. The molecule has 1 unspecified atom stereocenters. The highest BCUT2D eigenvalue weighted by Crippen LogP contribution is 2.28. The van der Waals surface area contributed by atoms with Gasteiger partial charge in [0, 0.05) is 5.69 Å². The molecule has 5 nitrogen and oxygen atoms in total. The number of anilines is 1. The molecule has 1 heterocycles. The summed E-state index contributed by atoms with van der Waals surface area (Å²) in [7, 11) is 0. The molecule has 5 heteroatoms. The Morgan fingerprint density at radius 3 is 2.56 bits per heavy atom. The maximum absolute atomic E-state index is 11.6. The monoisotopic (exact) mass is 223 g/mol. The van der Waals surface area contributed by atoms with Crippen LogP contribution in [-0.2, 0) is 4.74 Å². The Morgan fingerprint density at radius 1 is 1.44 bits per heavy atom. The minimum atomic E-state index is -0.852. The van der Waals surface area contributed by atoms with Gasteiger partial charge in [0.05, 0.1) is 13.2 Å². The van der Waals surface area contributed by atoms with E-state index < -0.39 is 11.7 Å². The topological polar surface area (TPSA) is 70.0 Å². The van der Waals surface area contributed by atoms with Gasteiger partial charge < -0.3 is 14.9 Å². The van der Waals surface area contributed by atoms with Gasteiger partial charge in [-0.15, -0.1) is 0 Å². The number of nitrogens with zero attached hydrogens (tertiary/aromatic N) is 1. The second-order valence-corrected chi connectivity index (χ2v) is 4.08. The van der Waals surface area contributed by atoms with Crippen LogP contribution in [0, 0.1) is 0 Å². The fourth-order valence-corrected chi connectivity index (χ4v) is 1.61. The zero-order valence-electron chi connectivity index (χ0n) is 8.88. The van der Waals surface area contributed by atoms with Crippen LogP contribution in [0.25, 0.3) is 0 Å². The van der Waals surface area contributed by atoms with Crippen molar-refractivity contribution in [3.05, 3.63) is 24.3 Å². The van der Waals surface area contributed by atoms with E-state index in [9.17, 15) is 4.79 Å². The summed E-state index contributed by atoms with van der Waals surface area (Å²) in [5, 5.41) is 18.2. The SMILES string of the molecule is CC1(CO)CN(c2ccc(O)cc2)C(=O)O1. The fourth-order valence-electron chi connectivity index (χ4n) is 1.61. The summed E-state index contributed by atoms with van der Waals surface area (Å²) >= 11 is 0. The number of aliphatic hydroxyl groups is 1. The predicted octanol–water partition coefficient (Wildman–Crippen LogP) is 1.10. The van der Waals surface area contributed by atoms with E-state index >= 15 is 0 Å². The molecule has 0 spiro atoms. The lowest BCUT2D eigenvalue weighted by Crippen LogP contribution is -2.34. The summed E-state index contributed by atoms with van der Waals surface area (Å²) in [5.41, 5.74) is -0.213. The highest BCUT2D eigenvalue weighted by Gasteiger charge is 2.41. The smallest absolute Gasteiger partial charge is 0.415 e. The van der Waals surface area contributed by atoms with Crippen molar-refractivity contribution in [2.24, 2.45) is 0 Å². The third-order valence-electron chi connectivity index (χ3n) is 2.54. The molecule has 0 radical (unpaired) electrons. The zero-order valence-corrected chi connectivity index (χ0v) is 8.88. The van der Waals surface area contributed by atoms with Crippen LogP contribution >= 0.6 is 0 Å². The van der Waals surface area contributed by atoms with E-state index in [1.165, 1.54) is 17.0 Å². The number of phenolic OH excluding ortho intramolecular Hbond substituents is 1. The largest absolute Gasteiger partial charge is 0.508 e. The van der Waals surface area contributed by atoms with E-state index in [0.29, 0.717) is 12.2 Å². The van der Waals surface area contributed by atoms with Gasteiger partial charge in [0.15, 0.2) is 5.60 Å². The van der Waals surface area contributed by atoms with Gasteiger partial charge in [-0.3, -0.25) is 4.90 Å². The lowest BCUT2D eigenvalue weighted by atomic mass is 10.1. The summed E-state index contributed by atoms with van der Waals surface area (Å²) in [6, 6.07) is 6.24. The number of rotatable bonds is 2. The number of phenols is 1. The van der Waals surface area contributed by atoms with Crippen LogP contribution in [0.3, 0.4) is 0 Å². The molecule has 1 atom stereocenters. The van der Waals surface area contributed by atoms with E-state index in [1.54, 1.807) is 19.1 Å². The Balaban J connectivity index is 2.23. The van der Waals surface area contributed by atoms with Crippen LogP contribution in [0.5, 0.6) is 5.75 Å². The number of hydrogen-bond donors (Lipinski definition) is 2. The molecule has 2 rings (SSSR count). The number of hydrogen-bond acceptors (Lipinski definition) is 4. The molecule has 1 aromatic rings. The summed E-state index contributed by atoms with van der Waals surface area (Å²) in [4.78, 5) is 13.0. The average Bonchev–Trinajstić information content (AvgIpc) is 2.57. The summed E-state index contributed by atoms with van der Waals surface area (Å²) in [5.74, 6) is 0.140. The van der Waals surface area contributed by atoms with Crippen molar-refractivity contribution in [1.29, 1.82) is 0 Å². The van der Waals surface area contributed by atoms with Crippen molar-refractivity contribution < 1.29 is 19.7 Å².